The predicted molar refractivity (Wildman–Crippen MR) is 117 cm³/mol. The summed E-state index contributed by atoms with van der Waals surface area (Å²) in [5, 5.41) is 5.66. The van der Waals surface area contributed by atoms with Gasteiger partial charge >= 0.3 is 5.97 Å². The molecule has 0 atom stereocenters. The SMILES string of the molecule is CC(=O)Oc1cccc(C(=O)Nc2ccc(CNC(=O)c3ccccc3Br)cc2)c1. The zero-order chi connectivity index (χ0) is 21.5. The van der Waals surface area contributed by atoms with Gasteiger partial charge in [-0.1, -0.05) is 30.3 Å². The average Bonchev–Trinajstić information content (AvgIpc) is 2.73. The van der Waals surface area contributed by atoms with Crippen LogP contribution in [0.3, 0.4) is 0 Å². The molecule has 3 aromatic carbocycles. The first-order chi connectivity index (χ1) is 14.4. The van der Waals surface area contributed by atoms with Gasteiger partial charge in [0.05, 0.1) is 5.56 Å². The summed E-state index contributed by atoms with van der Waals surface area (Å²) in [7, 11) is 0. The summed E-state index contributed by atoms with van der Waals surface area (Å²) in [5.41, 5.74) is 2.44. The zero-order valence-electron chi connectivity index (χ0n) is 16.1. The summed E-state index contributed by atoms with van der Waals surface area (Å²) < 4.78 is 5.73. The van der Waals surface area contributed by atoms with Crippen LogP contribution < -0.4 is 15.4 Å². The van der Waals surface area contributed by atoms with E-state index < -0.39 is 5.97 Å². The number of halogens is 1. The predicted octanol–water partition coefficient (Wildman–Crippen LogP) is 4.56. The maximum atomic E-state index is 12.4. The summed E-state index contributed by atoms with van der Waals surface area (Å²) in [6.45, 7) is 1.66. The molecule has 0 aliphatic heterocycles. The highest BCUT2D eigenvalue weighted by atomic mass is 79.9. The Hall–Kier alpha value is -3.45. The van der Waals surface area contributed by atoms with E-state index in [1.807, 2.05) is 24.3 Å². The molecule has 0 fully saturated rings. The van der Waals surface area contributed by atoms with Gasteiger partial charge in [-0.15, -0.1) is 0 Å². The standard InChI is InChI=1S/C23H19BrN2O4/c1-15(27)30-19-6-4-5-17(13-19)22(28)26-18-11-9-16(10-12-18)14-25-23(29)20-7-2-3-8-21(20)24/h2-13H,14H2,1H3,(H,25,29)(H,26,28). The van der Waals surface area contributed by atoms with E-state index in [9.17, 15) is 14.4 Å². The van der Waals surface area contributed by atoms with Crippen molar-refractivity contribution < 1.29 is 19.1 Å². The van der Waals surface area contributed by atoms with Crippen LogP contribution in [0.1, 0.15) is 33.2 Å². The molecule has 3 aromatic rings. The average molecular weight is 467 g/mol. The fourth-order valence-corrected chi connectivity index (χ4v) is 3.16. The minimum Gasteiger partial charge on any atom is -0.427 e. The molecule has 0 radical (unpaired) electrons. The highest BCUT2D eigenvalue weighted by Gasteiger charge is 2.10. The first-order valence-electron chi connectivity index (χ1n) is 9.14. The number of amides is 2. The summed E-state index contributed by atoms with van der Waals surface area (Å²) in [6.07, 6.45) is 0. The van der Waals surface area contributed by atoms with Gasteiger partial charge in [0, 0.05) is 29.2 Å². The van der Waals surface area contributed by atoms with E-state index in [2.05, 4.69) is 26.6 Å². The van der Waals surface area contributed by atoms with E-state index in [4.69, 9.17) is 4.74 Å². The van der Waals surface area contributed by atoms with Crippen LogP contribution in [0.25, 0.3) is 0 Å². The summed E-state index contributed by atoms with van der Waals surface area (Å²) in [5.74, 6) is -0.632. The van der Waals surface area contributed by atoms with Gasteiger partial charge in [0.2, 0.25) is 0 Å². The van der Waals surface area contributed by atoms with Gasteiger partial charge in [0.15, 0.2) is 0 Å². The van der Waals surface area contributed by atoms with Crippen molar-refractivity contribution in [3.8, 4) is 5.75 Å². The minimum absolute atomic E-state index is 0.174. The third-order valence-corrected chi connectivity index (χ3v) is 4.83. The van der Waals surface area contributed by atoms with E-state index in [1.165, 1.54) is 13.0 Å². The Morgan fingerprint density at radius 1 is 0.900 bits per heavy atom. The molecule has 7 heteroatoms. The van der Waals surface area contributed by atoms with Gasteiger partial charge in [0.25, 0.3) is 11.8 Å². The van der Waals surface area contributed by atoms with Crippen LogP contribution in [0.4, 0.5) is 5.69 Å². The molecule has 152 valence electrons. The molecular weight excluding hydrogens is 448 g/mol. The number of ether oxygens (including phenoxy) is 1. The molecule has 6 nitrogen and oxygen atoms in total. The lowest BCUT2D eigenvalue weighted by atomic mass is 10.1. The van der Waals surface area contributed by atoms with E-state index in [0.717, 1.165) is 10.0 Å². The van der Waals surface area contributed by atoms with Crippen molar-refractivity contribution in [3.63, 3.8) is 0 Å². The van der Waals surface area contributed by atoms with Gasteiger partial charge in [-0.3, -0.25) is 14.4 Å². The van der Waals surface area contributed by atoms with Crippen LogP contribution in [0.15, 0.2) is 77.3 Å². The fourth-order valence-electron chi connectivity index (χ4n) is 2.70. The molecule has 30 heavy (non-hydrogen) atoms. The molecule has 2 N–H and O–H groups in total. The fraction of sp³-hybridized carbons (Fsp3) is 0.0870. The molecule has 0 saturated heterocycles. The molecule has 0 aliphatic rings. The van der Waals surface area contributed by atoms with Gasteiger partial charge in [-0.25, -0.2) is 0 Å². The smallest absolute Gasteiger partial charge is 0.308 e. The van der Waals surface area contributed by atoms with Gasteiger partial charge < -0.3 is 15.4 Å². The normalized spacial score (nSPS) is 10.2. The quantitative estimate of drug-likeness (QED) is 0.412. The molecule has 0 bridgehead atoms. The molecule has 0 unspecified atom stereocenters. The number of carbonyl (C=O) groups is 3. The second-order valence-corrected chi connectivity index (χ2v) is 7.29. The number of hydrogen-bond acceptors (Lipinski definition) is 4. The van der Waals surface area contributed by atoms with Crippen molar-refractivity contribution in [2.24, 2.45) is 0 Å². The number of nitrogens with one attached hydrogen (secondary N) is 2. The number of carbonyl (C=O) groups excluding carboxylic acids is 3. The third kappa shape index (κ3) is 5.78. The molecule has 0 aliphatic carbocycles. The molecule has 0 spiro atoms. The lowest BCUT2D eigenvalue weighted by Crippen LogP contribution is -2.23. The lowest BCUT2D eigenvalue weighted by Gasteiger charge is -2.09. The van der Waals surface area contributed by atoms with Crippen molar-refractivity contribution >= 4 is 39.4 Å². The third-order valence-electron chi connectivity index (χ3n) is 4.14. The lowest BCUT2D eigenvalue weighted by molar-refractivity contribution is -0.131. The first kappa shape index (κ1) is 21.3. The minimum atomic E-state index is -0.449. The summed E-state index contributed by atoms with van der Waals surface area (Å²) >= 11 is 3.37. The van der Waals surface area contributed by atoms with Crippen LogP contribution in [0, 0.1) is 0 Å². The zero-order valence-corrected chi connectivity index (χ0v) is 17.7. The number of rotatable bonds is 6. The Bertz CT molecular complexity index is 1080. The molecule has 0 aromatic heterocycles. The molecule has 0 saturated carbocycles. The van der Waals surface area contributed by atoms with Crippen LogP contribution in [-0.4, -0.2) is 17.8 Å². The first-order valence-corrected chi connectivity index (χ1v) is 9.93. The molecular formula is C23H19BrN2O4. The van der Waals surface area contributed by atoms with E-state index in [0.29, 0.717) is 29.1 Å². The number of hydrogen-bond donors (Lipinski definition) is 2. The van der Waals surface area contributed by atoms with Gasteiger partial charge in [0.1, 0.15) is 5.75 Å². The van der Waals surface area contributed by atoms with Gasteiger partial charge in [-0.2, -0.15) is 0 Å². The van der Waals surface area contributed by atoms with Crippen molar-refractivity contribution in [1.82, 2.24) is 5.32 Å². The summed E-state index contributed by atoms with van der Waals surface area (Å²) in [4.78, 5) is 35.8. The van der Waals surface area contributed by atoms with Crippen LogP contribution in [0.2, 0.25) is 0 Å². The highest BCUT2D eigenvalue weighted by Crippen LogP contribution is 2.17. The largest absolute Gasteiger partial charge is 0.427 e. The van der Waals surface area contributed by atoms with Crippen LogP contribution >= 0.6 is 15.9 Å². The second-order valence-electron chi connectivity index (χ2n) is 6.44. The Balaban J connectivity index is 1.58. The Kier molecular flexibility index (Phi) is 6.98. The van der Waals surface area contributed by atoms with Crippen molar-refractivity contribution in [2.45, 2.75) is 13.5 Å². The topological polar surface area (TPSA) is 84.5 Å². The maximum absolute atomic E-state index is 12.4. The monoisotopic (exact) mass is 466 g/mol. The Morgan fingerprint density at radius 3 is 2.33 bits per heavy atom. The second kappa shape index (κ2) is 9.84. The van der Waals surface area contributed by atoms with Crippen LogP contribution in [-0.2, 0) is 11.3 Å². The van der Waals surface area contributed by atoms with Crippen molar-refractivity contribution in [3.05, 3.63) is 94.0 Å². The molecule has 2 amide bonds. The summed E-state index contributed by atoms with van der Waals surface area (Å²) in [6, 6.07) is 20.8. The molecule has 3 rings (SSSR count). The highest BCUT2D eigenvalue weighted by molar-refractivity contribution is 9.10. The van der Waals surface area contributed by atoms with Crippen molar-refractivity contribution in [1.29, 1.82) is 0 Å². The maximum Gasteiger partial charge on any atom is 0.308 e. The molecule has 0 heterocycles. The van der Waals surface area contributed by atoms with E-state index in [-0.39, 0.29) is 11.8 Å². The van der Waals surface area contributed by atoms with Gasteiger partial charge in [-0.05, 0) is 64.0 Å². The van der Waals surface area contributed by atoms with E-state index in [1.54, 1.807) is 42.5 Å². The number of esters is 1. The Morgan fingerprint density at radius 2 is 1.63 bits per heavy atom. The number of benzene rings is 3. The number of anilines is 1. The Labute approximate surface area is 182 Å². The van der Waals surface area contributed by atoms with E-state index >= 15 is 0 Å². The van der Waals surface area contributed by atoms with Crippen LogP contribution in [0.5, 0.6) is 5.75 Å². The van der Waals surface area contributed by atoms with Crippen molar-refractivity contribution in [2.75, 3.05) is 5.32 Å².